The second kappa shape index (κ2) is 10.1. The molecule has 0 aromatic rings. The zero-order chi connectivity index (χ0) is 12.4. The molecule has 0 aliphatic rings. The first-order chi connectivity index (χ1) is 7.63. The maximum atomic E-state index is 5.83. The Morgan fingerprint density at radius 2 is 1.81 bits per heavy atom. The van der Waals surface area contributed by atoms with Gasteiger partial charge < -0.3 is 10.6 Å². The van der Waals surface area contributed by atoms with Crippen molar-refractivity contribution in [2.45, 2.75) is 53.4 Å². The first-order valence-corrected chi connectivity index (χ1v) is 7.06. The van der Waals surface area contributed by atoms with Gasteiger partial charge in [-0.2, -0.15) is 0 Å². The van der Waals surface area contributed by atoms with Gasteiger partial charge in [-0.1, -0.05) is 34.1 Å². The first kappa shape index (κ1) is 15.9. The molecule has 0 radical (unpaired) electrons. The number of nitrogens with zero attached hydrogens (tertiary/aromatic N) is 1. The Bertz CT molecular complexity index is 146. The van der Waals surface area contributed by atoms with Crippen molar-refractivity contribution in [1.82, 2.24) is 4.90 Å². The van der Waals surface area contributed by atoms with Crippen LogP contribution in [-0.2, 0) is 0 Å². The molecule has 0 heterocycles. The van der Waals surface area contributed by atoms with Gasteiger partial charge in [-0.25, -0.2) is 0 Å². The molecule has 0 aromatic heterocycles. The average molecular weight is 228 g/mol. The molecule has 1 atom stereocenters. The van der Waals surface area contributed by atoms with Crippen molar-refractivity contribution in [2.75, 3.05) is 26.2 Å². The van der Waals surface area contributed by atoms with E-state index in [1.807, 2.05) is 0 Å². The van der Waals surface area contributed by atoms with Gasteiger partial charge in [-0.05, 0) is 57.3 Å². The summed E-state index contributed by atoms with van der Waals surface area (Å²) in [4.78, 5) is 2.56. The van der Waals surface area contributed by atoms with Crippen LogP contribution in [0.4, 0.5) is 0 Å². The molecule has 0 aliphatic heterocycles. The molecule has 0 bridgehead atoms. The van der Waals surface area contributed by atoms with Gasteiger partial charge in [0.05, 0.1) is 0 Å². The quantitative estimate of drug-likeness (QED) is 0.622. The molecule has 0 saturated carbocycles. The minimum atomic E-state index is 0.718. The summed E-state index contributed by atoms with van der Waals surface area (Å²) in [5.41, 5.74) is 5.83. The van der Waals surface area contributed by atoms with Crippen LogP contribution in [0.3, 0.4) is 0 Å². The summed E-state index contributed by atoms with van der Waals surface area (Å²) in [6.07, 6.45) is 5.17. The Labute approximate surface area is 103 Å². The largest absolute Gasteiger partial charge is 0.330 e. The minimum Gasteiger partial charge on any atom is -0.330 e. The lowest BCUT2D eigenvalue weighted by Gasteiger charge is -2.24. The molecule has 0 aliphatic carbocycles. The Kier molecular flexibility index (Phi) is 10.0. The van der Waals surface area contributed by atoms with Gasteiger partial charge in [0.1, 0.15) is 0 Å². The van der Waals surface area contributed by atoms with Crippen LogP contribution in [0.1, 0.15) is 53.4 Å². The van der Waals surface area contributed by atoms with Gasteiger partial charge in [0.2, 0.25) is 0 Å². The van der Waals surface area contributed by atoms with Crippen molar-refractivity contribution < 1.29 is 0 Å². The molecule has 0 saturated heterocycles. The number of rotatable bonds is 10. The highest BCUT2D eigenvalue weighted by Crippen LogP contribution is 2.14. The zero-order valence-corrected chi connectivity index (χ0v) is 11.8. The fourth-order valence-corrected chi connectivity index (χ4v) is 2.17. The summed E-state index contributed by atoms with van der Waals surface area (Å²) in [6, 6.07) is 0. The van der Waals surface area contributed by atoms with Crippen molar-refractivity contribution in [1.29, 1.82) is 0 Å². The zero-order valence-electron chi connectivity index (χ0n) is 11.8. The van der Waals surface area contributed by atoms with Crippen LogP contribution >= 0.6 is 0 Å². The second-order valence-corrected chi connectivity index (χ2v) is 5.31. The number of hydrogen-bond acceptors (Lipinski definition) is 2. The van der Waals surface area contributed by atoms with Crippen molar-refractivity contribution in [3.05, 3.63) is 0 Å². The van der Waals surface area contributed by atoms with Crippen LogP contribution in [0.15, 0.2) is 0 Å². The molecule has 16 heavy (non-hydrogen) atoms. The van der Waals surface area contributed by atoms with Gasteiger partial charge >= 0.3 is 0 Å². The Morgan fingerprint density at radius 1 is 1.12 bits per heavy atom. The number of hydrogen-bond donors (Lipinski definition) is 1. The maximum Gasteiger partial charge on any atom is -0.00157 e. The predicted molar refractivity (Wildman–Crippen MR) is 73.6 cm³/mol. The maximum absolute atomic E-state index is 5.83. The molecule has 2 N–H and O–H groups in total. The molecule has 1 unspecified atom stereocenters. The highest BCUT2D eigenvalue weighted by Gasteiger charge is 2.11. The lowest BCUT2D eigenvalue weighted by Crippen LogP contribution is -2.29. The van der Waals surface area contributed by atoms with Crippen molar-refractivity contribution in [2.24, 2.45) is 17.6 Å². The molecule has 2 heteroatoms. The highest BCUT2D eigenvalue weighted by atomic mass is 15.1. The lowest BCUT2D eigenvalue weighted by atomic mass is 9.94. The smallest absolute Gasteiger partial charge is 0.00157 e. The van der Waals surface area contributed by atoms with E-state index in [4.69, 9.17) is 5.73 Å². The Morgan fingerprint density at radius 3 is 2.25 bits per heavy atom. The minimum absolute atomic E-state index is 0.718. The van der Waals surface area contributed by atoms with E-state index in [1.165, 1.54) is 45.3 Å². The van der Waals surface area contributed by atoms with Gasteiger partial charge in [0, 0.05) is 0 Å². The van der Waals surface area contributed by atoms with E-state index >= 15 is 0 Å². The van der Waals surface area contributed by atoms with Crippen LogP contribution in [0, 0.1) is 11.8 Å². The SMILES string of the molecule is CCCCN(CC)CCC(CN)CC(C)C. The van der Waals surface area contributed by atoms with Gasteiger partial charge in [0.15, 0.2) is 0 Å². The molecular weight excluding hydrogens is 196 g/mol. The highest BCUT2D eigenvalue weighted by molar-refractivity contribution is 4.65. The van der Waals surface area contributed by atoms with E-state index in [0.717, 1.165) is 18.4 Å². The molecule has 0 spiro atoms. The van der Waals surface area contributed by atoms with Crippen molar-refractivity contribution in [3.63, 3.8) is 0 Å². The average Bonchev–Trinajstić information content (AvgIpc) is 2.27. The second-order valence-electron chi connectivity index (χ2n) is 5.31. The van der Waals surface area contributed by atoms with Crippen molar-refractivity contribution in [3.8, 4) is 0 Å². The molecule has 0 fully saturated rings. The topological polar surface area (TPSA) is 29.3 Å². The summed E-state index contributed by atoms with van der Waals surface area (Å²) in [6.45, 7) is 13.6. The summed E-state index contributed by atoms with van der Waals surface area (Å²) in [5, 5.41) is 0. The third kappa shape index (κ3) is 8.12. The molecular formula is C14H32N2. The van der Waals surface area contributed by atoms with E-state index in [2.05, 4.69) is 32.6 Å². The molecule has 0 rings (SSSR count). The van der Waals surface area contributed by atoms with Crippen LogP contribution in [0.2, 0.25) is 0 Å². The standard InChI is InChI=1S/C14H32N2/c1-5-7-9-16(6-2)10-8-14(12-15)11-13(3)4/h13-14H,5-12,15H2,1-4H3. The number of nitrogens with two attached hydrogens (primary N) is 1. The predicted octanol–water partition coefficient (Wildman–Crippen LogP) is 3.12. The van der Waals surface area contributed by atoms with E-state index in [0.29, 0.717) is 0 Å². The number of unbranched alkanes of at least 4 members (excludes halogenated alkanes) is 1. The third-order valence-electron chi connectivity index (χ3n) is 3.27. The summed E-state index contributed by atoms with van der Waals surface area (Å²) >= 11 is 0. The van der Waals surface area contributed by atoms with Crippen LogP contribution in [0.5, 0.6) is 0 Å². The molecule has 0 aromatic carbocycles. The molecule has 0 amide bonds. The Hall–Kier alpha value is -0.0800. The Balaban J connectivity index is 3.78. The monoisotopic (exact) mass is 228 g/mol. The van der Waals surface area contributed by atoms with Gasteiger partial charge in [-0.3, -0.25) is 0 Å². The van der Waals surface area contributed by atoms with Gasteiger partial charge in [0.25, 0.3) is 0 Å². The fourth-order valence-electron chi connectivity index (χ4n) is 2.17. The van der Waals surface area contributed by atoms with Crippen LogP contribution in [0.25, 0.3) is 0 Å². The van der Waals surface area contributed by atoms with Crippen LogP contribution < -0.4 is 5.73 Å². The molecule has 2 nitrogen and oxygen atoms in total. The van der Waals surface area contributed by atoms with E-state index in [9.17, 15) is 0 Å². The summed E-state index contributed by atoms with van der Waals surface area (Å²) in [5.74, 6) is 1.50. The van der Waals surface area contributed by atoms with E-state index in [-0.39, 0.29) is 0 Å². The van der Waals surface area contributed by atoms with E-state index in [1.54, 1.807) is 0 Å². The third-order valence-corrected chi connectivity index (χ3v) is 3.27. The van der Waals surface area contributed by atoms with Gasteiger partial charge in [-0.15, -0.1) is 0 Å². The first-order valence-electron chi connectivity index (χ1n) is 7.06. The normalized spacial score (nSPS) is 13.7. The lowest BCUT2D eigenvalue weighted by molar-refractivity contribution is 0.250. The van der Waals surface area contributed by atoms with E-state index < -0.39 is 0 Å². The van der Waals surface area contributed by atoms with Crippen LogP contribution in [-0.4, -0.2) is 31.1 Å². The summed E-state index contributed by atoms with van der Waals surface area (Å²) < 4.78 is 0. The summed E-state index contributed by atoms with van der Waals surface area (Å²) in [7, 11) is 0. The molecule has 98 valence electrons. The van der Waals surface area contributed by atoms with Crippen molar-refractivity contribution >= 4 is 0 Å². The fraction of sp³-hybridized carbons (Fsp3) is 1.00.